The van der Waals surface area contributed by atoms with Gasteiger partial charge in [0.05, 0.1) is 0 Å². The normalized spacial score (nSPS) is 12.0. The van der Waals surface area contributed by atoms with Crippen molar-refractivity contribution in [1.82, 2.24) is 0 Å². The van der Waals surface area contributed by atoms with Crippen molar-refractivity contribution in [2.45, 2.75) is 39.7 Å². The van der Waals surface area contributed by atoms with Crippen LogP contribution in [-0.2, 0) is 8.85 Å². The summed E-state index contributed by atoms with van der Waals surface area (Å²) in [5.74, 6) is 0. The molecule has 0 fully saturated rings. The quantitative estimate of drug-likeness (QED) is 0.615. The Balaban J connectivity index is 3.97. The molecule has 0 heterocycles. The Morgan fingerprint density at radius 3 is 1.69 bits per heavy atom. The first kappa shape index (κ1) is 13.1. The van der Waals surface area contributed by atoms with E-state index in [4.69, 9.17) is 14.6 Å². The zero-order valence-corrected chi connectivity index (χ0v) is 10.1. The first-order chi connectivity index (χ1) is 6.24. The van der Waals surface area contributed by atoms with E-state index < -0.39 is 8.56 Å². The zero-order valence-electron chi connectivity index (χ0n) is 9.14. The van der Waals surface area contributed by atoms with Gasteiger partial charge >= 0.3 is 8.56 Å². The fourth-order valence-electron chi connectivity index (χ4n) is 1.08. The molecule has 0 atom stereocenters. The third-order valence-electron chi connectivity index (χ3n) is 1.99. The van der Waals surface area contributed by atoms with Gasteiger partial charge in [0.2, 0.25) is 0 Å². The van der Waals surface area contributed by atoms with Crippen LogP contribution in [0.25, 0.3) is 0 Å². The van der Waals surface area contributed by atoms with Gasteiger partial charge in [0.25, 0.3) is 0 Å². The maximum Gasteiger partial charge on any atom is 0.351 e. The molecule has 0 bridgehead atoms. The van der Waals surface area contributed by atoms with Gasteiger partial charge < -0.3 is 14.6 Å². The van der Waals surface area contributed by atoms with Crippen LogP contribution in [0.5, 0.6) is 0 Å². The smallest absolute Gasteiger partial charge is 0.351 e. The number of nitrogens with two attached hydrogens (primary N) is 1. The fourth-order valence-corrected chi connectivity index (χ4v) is 3.25. The van der Waals surface area contributed by atoms with Gasteiger partial charge in [-0.15, -0.1) is 0 Å². The second-order valence-corrected chi connectivity index (χ2v) is 6.68. The van der Waals surface area contributed by atoms with Crippen molar-refractivity contribution < 1.29 is 8.85 Å². The second-order valence-electron chi connectivity index (χ2n) is 3.17. The predicted octanol–water partition coefficient (Wildman–Crippen LogP) is 1.80. The summed E-state index contributed by atoms with van der Waals surface area (Å²) in [5.41, 5.74) is 5.71. The molecule has 3 nitrogen and oxygen atoms in total. The van der Waals surface area contributed by atoms with Crippen molar-refractivity contribution in [1.29, 1.82) is 0 Å². The molecule has 0 aromatic carbocycles. The molecule has 0 amide bonds. The average molecular weight is 205 g/mol. The Labute approximate surface area is 82.9 Å². The molecular weight excluding hydrogens is 182 g/mol. The van der Waals surface area contributed by atoms with Gasteiger partial charge in [0.1, 0.15) is 0 Å². The summed E-state index contributed by atoms with van der Waals surface area (Å²) in [6, 6.07) is 0.948. The molecule has 80 valence electrons. The molecule has 0 radical (unpaired) electrons. The van der Waals surface area contributed by atoms with Crippen LogP contribution in [0.4, 0.5) is 0 Å². The van der Waals surface area contributed by atoms with Gasteiger partial charge in [-0.2, -0.15) is 0 Å². The second kappa shape index (κ2) is 7.50. The van der Waals surface area contributed by atoms with E-state index >= 15 is 0 Å². The summed E-state index contributed by atoms with van der Waals surface area (Å²) >= 11 is 0. The van der Waals surface area contributed by atoms with Crippen LogP contribution in [0.1, 0.15) is 33.6 Å². The van der Waals surface area contributed by atoms with Crippen LogP contribution in [0.2, 0.25) is 6.04 Å². The molecule has 0 spiro atoms. The van der Waals surface area contributed by atoms with Crippen LogP contribution in [0.3, 0.4) is 0 Å². The largest absolute Gasteiger partial charge is 0.394 e. The molecule has 0 aliphatic carbocycles. The van der Waals surface area contributed by atoms with E-state index in [-0.39, 0.29) is 0 Å². The average Bonchev–Trinajstić information content (AvgIpc) is 2.20. The Morgan fingerprint density at radius 1 is 1.00 bits per heavy atom. The third-order valence-corrected chi connectivity index (χ3v) is 5.15. The SMILES string of the molecule is CCCO[Si](CC)(CN)OCCC. The third kappa shape index (κ3) is 4.76. The van der Waals surface area contributed by atoms with Crippen molar-refractivity contribution >= 4 is 8.56 Å². The predicted molar refractivity (Wildman–Crippen MR) is 57.8 cm³/mol. The van der Waals surface area contributed by atoms with Gasteiger partial charge in [-0.1, -0.05) is 20.8 Å². The van der Waals surface area contributed by atoms with Gasteiger partial charge in [0.15, 0.2) is 0 Å². The molecule has 0 aromatic rings. The van der Waals surface area contributed by atoms with Crippen LogP contribution in [0.15, 0.2) is 0 Å². The van der Waals surface area contributed by atoms with Gasteiger partial charge in [-0.05, 0) is 18.9 Å². The summed E-state index contributed by atoms with van der Waals surface area (Å²) in [5, 5.41) is 0. The lowest BCUT2D eigenvalue weighted by molar-refractivity contribution is 0.169. The molecule has 13 heavy (non-hydrogen) atoms. The zero-order chi connectivity index (χ0) is 10.2. The maximum absolute atomic E-state index is 5.77. The fraction of sp³-hybridized carbons (Fsp3) is 1.00. The van der Waals surface area contributed by atoms with Gasteiger partial charge in [-0.25, -0.2) is 0 Å². The lowest BCUT2D eigenvalue weighted by Crippen LogP contribution is -2.49. The highest BCUT2D eigenvalue weighted by Gasteiger charge is 2.33. The van der Waals surface area contributed by atoms with Crippen molar-refractivity contribution in [2.75, 3.05) is 19.4 Å². The van der Waals surface area contributed by atoms with Crippen LogP contribution in [-0.4, -0.2) is 27.9 Å². The van der Waals surface area contributed by atoms with Crippen molar-refractivity contribution in [3.63, 3.8) is 0 Å². The highest BCUT2D eigenvalue weighted by molar-refractivity contribution is 6.67. The molecule has 0 aliphatic heterocycles. The van der Waals surface area contributed by atoms with Crippen LogP contribution < -0.4 is 5.73 Å². The minimum absolute atomic E-state index is 0.573. The topological polar surface area (TPSA) is 44.5 Å². The molecule has 0 unspecified atom stereocenters. The lowest BCUT2D eigenvalue weighted by Gasteiger charge is -2.28. The molecule has 4 heteroatoms. The molecule has 2 N–H and O–H groups in total. The Morgan fingerprint density at radius 2 is 1.46 bits per heavy atom. The number of rotatable bonds is 8. The van der Waals surface area contributed by atoms with Gasteiger partial charge in [0, 0.05) is 19.4 Å². The van der Waals surface area contributed by atoms with E-state index in [9.17, 15) is 0 Å². The van der Waals surface area contributed by atoms with Crippen LogP contribution in [0, 0.1) is 0 Å². The molecule has 0 aromatic heterocycles. The first-order valence-corrected chi connectivity index (χ1v) is 7.45. The van der Waals surface area contributed by atoms with E-state index in [1.165, 1.54) is 0 Å². The molecule has 0 aliphatic rings. The summed E-state index contributed by atoms with van der Waals surface area (Å²) < 4.78 is 11.5. The highest BCUT2D eigenvalue weighted by Crippen LogP contribution is 2.12. The van der Waals surface area contributed by atoms with Crippen molar-refractivity contribution in [3.05, 3.63) is 0 Å². The van der Waals surface area contributed by atoms with E-state index in [2.05, 4.69) is 20.8 Å². The van der Waals surface area contributed by atoms with E-state index in [1.54, 1.807) is 0 Å². The van der Waals surface area contributed by atoms with E-state index in [0.717, 1.165) is 32.1 Å². The first-order valence-electron chi connectivity index (χ1n) is 5.22. The number of hydrogen-bond acceptors (Lipinski definition) is 3. The Hall–Kier alpha value is 0.0969. The highest BCUT2D eigenvalue weighted by atomic mass is 28.4. The molecule has 0 rings (SSSR count). The number of hydrogen-bond donors (Lipinski definition) is 1. The van der Waals surface area contributed by atoms with E-state index in [0.29, 0.717) is 6.17 Å². The Kier molecular flexibility index (Phi) is 7.55. The summed E-state index contributed by atoms with van der Waals surface area (Å²) in [7, 11) is -2.01. The molecule has 0 saturated carbocycles. The van der Waals surface area contributed by atoms with E-state index in [1.807, 2.05) is 0 Å². The summed E-state index contributed by atoms with van der Waals surface area (Å²) in [6.07, 6.45) is 2.64. The Bertz CT molecular complexity index is 108. The summed E-state index contributed by atoms with van der Waals surface area (Å²) in [6.45, 7) is 7.86. The van der Waals surface area contributed by atoms with Crippen molar-refractivity contribution in [2.24, 2.45) is 5.73 Å². The summed E-state index contributed by atoms with van der Waals surface area (Å²) in [4.78, 5) is 0. The van der Waals surface area contributed by atoms with Gasteiger partial charge in [-0.3, -0.25) is 0 Å². The lowest BCUT2D eigenvalue weighted by atomic mass is 10.5. The minimum atomic E-state index is -2.01. The maximum atomic E-state index is 5.77. The minimum Gasteiger partial charge on any atom is -0.394 e. The molecule has 0 saturated heterocycles. The van der Waals surface area contributed by atoms with Crippen LogP contribution >= 0.6 is 0 Å². The molecular formula is C9H23NO2Si. The van der Waals surface area contributed by atoms with Crippen molar-refractivity contribution in [3.8, 4) is 0 Å². The standard InChI is InChI=1S/C9H23NO2Si/c1-4-7-11-13(6-3,9-10)12-8-5-2/h4-10H2,1-3H3. The monoisotopic (exact) mass is 205 g/mol.